The zero-order chi connectivity index (χ0) is 14.0. The van der Waals surface area contributed by atoms with Crippen LogP contribution in [0.4, 0.5) is 39.5 Å². The molecule has 17 heavy (non-hydrogen) atoms. The van der Waals surface area contributed by atoms with Crippen LogP contribution < -0.4 is 0 Å². The second-order valence-electron chi connectivity index (χ2n) is 2.91. The lowest BCUT2D eigenvalue weighted by Gasteiger charge is -2.17. The van der Waals surface area contributed by atoms with E-state index in [4.69, 9.17) is 0 Å². The second-order valence-corrected chi connectivity index (χ2v) is 2.91. The monoisotopic (exact) mass is 272 g/mol. The second kappa shape index (κ2) is 5.01. The van der Waals surface area contributed by atoms with Crippen molar-refractivity contribution in [3.05, 3.63) is 23.8 Å². The lowest BCUT2D eigenvalue weighted by molar-refractivity contribution is -0.184. The minimum absolute atomic E-state index is 2.16. The fraction of sp³-hybridized carbons (Fsp3) is 0.500. The number of rotatable bonds is 3. The van der Waals surface area contributed by atoms with Gasteiger partial charge in [0.25, 0.3) is 0 Å². The Morgan fingerprint density at radius 3 is 1.65 bits per heavy atom. The van der Waals surface area contributed by atoms with Gasteiger partial charge in [0, 0.05) is 6.42 Å². The lowest BCUT2D eigenvalue weighted by Crippen LogP contribution is -2.28. The van der Waals surface area contributed by atoms with Gasteiger partial charge in [-0.3, -0.25) is 0 Å². The van der Waals surface area contributed by atoms with Crippen molar-refractivity contribution < 1.29 is 39.5 Å². The number of halogens is 9. The van der Waals surface area contributed by atoms with Gasteiger partial charge >= 0.3 is 12.4 Å². The SMILES string of the molecule is C=C(F)/C(F)=C(\CC(F)C(F)(F)F)C(F)(F)F. The highest BCUT2D eigenvalue weighted by atomic mass is 19.4. The van der Waals surface area contributed by atoms with E-state index in [1.807, 2.05) is 0 Å². The largest absolute Gasteiger partial charge is 0.419 e. The topological polar surface area (TPSA) is 0 Å². The molecule has 0 radical (unpaired) electrons. The van der Waals surface area contributed by atoms with Crippen LogP contribution in [0.3, 0.4) is 0 Å². The Morgan fingerprint density at radius 1 is 1.00 bits per heavy atom. The Kier molecular flexibility index (Phi) is 4.67. The van der Waals surface area contributed by atoms with E-state index in [0.29, 0.717) is 0 Å². The predicted molar refractivity (Wildman–Crippen MR) is 40.0 cm³/mol. The van der Waals surface area contributed by atoms with Crippen LogP contribution in [0.5, 0.6) is 0 Å². The van der Waals surface area contributed by atoms with E-state index >= 15 is 0 Å². The Hall–Kier alpha value is -1.15. The normalized spacial score (nSPS) is 16.5. The highest BCUT2D eigenvalue weighted by molar-refractivity contribution is 5.26. The molecule has 0 aliphatic heterocycles. The van der Waals surface area contributed by atoms with Crippen molar-refractivity contribution in [1.29, 1.82) is 0 Å². The van der Waals surface area contributed by atoms with Crippen LogP contribution in [0.2, 0.25) is 0 Å². The molecule has 0 spiro atoms. The van der Waals surface area contributed by atoms with Gasteiger partial charge in [0.05, 0.1) is 5.57 Å². The Balaban J connectivity index is 5.28. The molecule has 0 aliphatic carbocycles. The molecule has 0 aliphatic rings. The standard InChI is InChI=1S/C8H5F9/c1-3(9)6(11)4(7(12,13)14)2-5(10)8(15,16)17/h5H,1-2H2/b6-4-. The molecule has 0 saturated heterocycles. The van der Waals surface area contributed by atoms with Crippen molar-refractivity contribution >= 4 is 0 Å². The lowest BCUT2D eigenvalue weighted by atomic mass is 10.1. The summed E-state index contributed by atoms with van der Waals surface area (Å²) in [6, 6.07) is 0. The molecule has 0 bridgehead atoms. The third-order valence-electron chi connectivity index (χ3n) is 1.58. The van der Waals surface area contributed by atoms with Gasteiger partial charge in [-0.25, -0.2) is 13.2 Å². The van der Waals surface area contributed by atoms with Crippen LogP contribution in [-0.4, -0.2) is 18.5 Å². The molecule has 1 atom stereocenters. The van der Waals surface area contributed by atoms with Gasteiger partial charge in [0.2, 0.25) is 0 Å². The summed E-state index contributed by atoms with van der Waals surface area (Å²) >= 11 is 0. The molecule has 0 fully saturated rings. The van der Waals surface area contributed by atoms with E-state index in [9.17, 15) is 39.5 Å². The maximum absolute atomic E-state index is 12.6. The van der Waals surface area contributed by atoms with Crippen molar-refractivity contribution in [2.45, 2.75) is 24.9 Å². The van der Waals surface area contributed by atoms with E-state index in [0.717, 1.165) is 0 Å². The van der Waals surface area contributed by atoms with Gasteiger partial charge < -0.3 is 0 Å². The summed E-state index contributed by atoms with van der Waals surface area (Å²) < 4.78 is 108. The van der Waals surface area contributed by atoms with Crippen molar-refractivity contribution in [2.75, 3.05) is 0 Å². The number of hydrogen-bond donors (Lipinski definition) is 0. The maximum atomic E-state index is 12.6. The highest BCUT2D eigenvalue weighted by Gasteiger charge is 2.46. The van der Waals surface area contributed by atoms with Crippen molar-refractivity contribution in [1.82, 2.24) is 0 Å². The van der Waals surface area contributed by atoms with Gasteiger partial charge in [0.1, 0.15) is 0 Å². The minimum atomic E-state index is -5.62. The highest BCUT2D eigenvalue weighted by Crippen LogP contribution is 2.38. The first kappa shape index (κ1) is 15.9. The van der Waals surface area contributed by atoms with E-state index in [2.05, 4.69) is 6.58 Å². The molecule has 0 amide bonds. The number of alkyl halides is 7. The molecule has 0 saturated carbocycles. The van der Waals surface area contributed by atoms with Gasteiger partial charge in [-0.1, -0.05) is 6.58 Å². The van der Waals surface area contributed by atoms with E-state index in [1.165, 1.54) is 0 Å². The average molecular weight is 272 g/mol. The summed E-state index contributed by atoms with van der Waals surface area (Å²) in [6.07, 6.45) is -17.5. The van der Waals surface area contributed by atoms with Gasteiger partial charge in [-0.2, -0.15) is 26.3 Å². The molecule has 0 aromatic carbocycles. The molecular weight excluding hydrogens is 267 g/mol. The maximum Gasteiger partial charge on any atom is 0.419 e. The molecule has 0 aromatic heterocycles. The summed E-state index contributed by atoms with van der Waals surface area (Å²) in [5.74, 6) is -4.85. The fourth-order valence-electron chi connectivity index (χ4n) is 0.788. The summed E-state index contributed by atoms with van der Waals surface area (Å²) in [7, 11) is 0. The van der Waals surface area contributed by atoms with Crippen molar-refractivity contribution in [2.24, 2.45) is 0 Å². The summed E-state index contributed by atoms with van der Waals surface area (Å²) in [5.41, 5.74) is -2.57. The zero-order valence-corrected chi connectivity index (χ0v) is 7.89. The van der Waals surface area contributed by atoms with Crippen LogP contribution in [0.25, 0.3) is 0 Å². The minimum Gasteiger partial charge on any atom is -0.237 e. The first-order valence-corrected chi connectivity index (χ1v) is 3.88. The Labute approximate surface area is 89.4 Å². The molecule has 0 N–H and O–H groups in total. The fourth-order valence-corrected chi connectivity index (χ4v) is 0.788. The van der Waals surface area contributed by atoms with Crippen molar-refractivity contribution in [3.8, 4) is 0 Å². The number of hydrogen-bond acceptors (Lipinski definition) is 0. The molecule has 9 heteroatoms. The van der Waals surface area contributed by atoms with Gasteiger partial charge in [0.15, 0.2) is 17.8 Å². The third-order valence-corrected chi connectivity index (χ3v) is 1.58. The summed E-state index contributed by atoms with van der Waals surface area (Å²) in [5, 5.41) is 0. The van der Waals surface area contributed by atoms with Gasteiger partial charge in [-0.15, -0.1) is 0 Å². The van der Waals surface area contributed by atoms with Crippen LogP contribution in [0, 0.1) is 0 Å². The van der Waals surface area contributed by atoms with Crippen LogP contribution in [0.15, 0.2) is 23.8 Å². The average Bonchev–Trinajstić information content (AvgIpc) is 2.08. The molecule has 1 unspecified atom stereocenters. The van der Waals surface area contributed by atoms with E-state index in [-0.39, 0.29) is 0 Å². The van der Waals surface area contributed by atoms with Crippen molar-refractivity contribution in [3.63, 3.8) is 0 Å². The number of allylic oxidation sites excluding steroid dienone is 3. The molecular formula is C8H5F9. The third kappa shape index (κ3) is 4.70. The molecule has 0 rings (SSSR count). The molecule has 0 nitrogen and oxygen atoms in total. The molecule has 0 heterocycles. The summed E-state index contributed by atoms with van der Waals surface area (Å²) in [6.45, 7) is 2.16. The predicted octanol–water partition coefficient (Wildman–Crippen LogP) is 4.55. The zero-order valence-electron chi connectivity index (χ0n) is 7.89. The molecule has 0 aromatic rings. The first-order valence-electron chi connectivity index (χ1n) is 3.88. The molecule has 100 valence electrons. The van der Waals surface area contributed by atoms with Crippen LogP contribution in [0.1, 0.15) is 6.42 Å². The van der Waals surface area contributed by atoms with Crippen LogP contribution in [-0.2, 0) is 0 Å². The van der Waals surface area contributed by atoms with Crippen LogP contribution >= 0.6 is 0 Å². The smallest absolute Gasteiger partial charge is 0.237 e. The summed E-state index contributed by atoms with van der Waals surface area (Å²) in [4.78, 5) is 0. The van der Waals surface area contributed by atoms with Gasteiger partial charge in [-0.05, 0) is 0 Å². The first-order chi connectivity index (χ1) is 7.37. The van der Waals surface area contributed by atoms with E-state index < -0.39 is 42.2 Å². The van der Waals surface area contributed by atoms with E-state index in [1.54, 1.807) is 0 Å². The Morgan fingerprint density at radius 2 is 1.41 bits per heavy atom. The Bertz CT molecular complexity index is 319. The quantitative estimate of drug-likeness (QED) is 0.522.